The number of amides is 1. The van der Waals surface area contributed by atoms with E-state index in [4.69, 9.17) is 4.52 Å². The van der Waals surface area contributed by atoms with Gasteiger partial charge in [0.05, 0.1) is 6.04 Å². The van der Waals surface area contributed by atoms with Gasteiger partial charge in [0, 0.05) is 44.0 Å². The molecule has 1 saturated heterocycles. The lowest BCUT2D eigenvalue weighted by Crippen LogP contribution is -2.49. The van der Waals surface area contributed by atoms with Crippen LogP contribution in [0, 0.1) is 0 Å². The van der Waals surface area contributed by atoms with Crippen LogP contribution in [0.15, 0.2) is 29.0 Å². The van der Waals surface area contributed by atoms with Crippen LogP contribution >= 0.6 is 12.4 Å². The third-order valence-electron chi connectivity index (χ3n) is 4.73. The Hall–Kier alpha value is -1.92. The quantitative estimate of drug-likeness (QED) is 0.900. The molecule has 1 fully saturated rings. The van der Waals surface area contributed by atoms with Crippen molar-refractivity contribution in [3.8, 4) is 0 Å². The number of pyridine rings is 1. The lowest BCUT2D eigenvalue weighted by Gasteiger charge is -2.36. The lowest BCUT2D eigenvalue weighted by atomic mass is 9.95. The maximum absolute atomic E-state index is 13.1. The minimum atomic E-state index is -0.0211. The van der Waals surface area contributed by atoms with Crippen molar-refractivity contribution >= 4 is 18.3 Å². The molecule has 1 unspecified atom stereocenters. The number of aryl methyl sites for hydroxylation is 1. The molecule has 2 aliphatic rings. The molecule has 7 heteroatoms. The van der Waals surface area contributed by atoms with Crippen molar-refractivity contribution in [1.82, 2.24) is 20.4 Å². The van der Waals surface area contributed by atoms with Crippen LogP contribution in [0.1, 0.15) is 46.3 Å². The summed E-state index contributed by atoms with van der Waals surface area (Å²) in [6, 6.07) is 3.91. The molecule has 3 heterocycles. The molecular weight excluding hydrogens is 328 g/mol. The van der Waals surface area contributed by atoms with Gasteiger partial charge < -0.3 is 14.7 Å². The van der Waals surface area contributed by atoms with Gasteiger partial charge in [0.15, 0.2) is 5.69 Å². The van der Waals surface area contributed by atoms with Crippen molar-refractivity contribution in [2.24, 2.45) is 0 Å². The predicted octanol–water partition coefficient (Wildman–Crippen LogP) is 2.16. The van der Waals surface area contributed by atoms with Crippen LogP contribution in [-0.2, 0) is 12.8 Å². The molecule has 2 aromatic rings. The molecule has 6 nitrogen and oxygen atoms in total. The first-order valence-electron chi connectivity index (χ1n) is 8.23. The van der Waals surface area contributed by atoms with E-state index in [2.05, 4.69) is 15.5 Å². The summed E-state index contributed by atoms with van der Waals surface area (Å²) >= 11 is 0. The second kappa shape index (κ2) is 7.32. The first-order valence-corrected chi connectivity index (χ1v) is 8.23. The highest BCUT2D eigenvalue weighted by Crippen LogP contribution is 2.28. The summed E-state index contributed by atoms with van der Waals surface area (Å²) in [5.74, 6) is 0.875. The maximum atomic E-state index is 13.1. The van der Waals surface area contributed by atoms with E-state index in [-0.39, 0.29) is 24.4 Å². The van der Waals surface area contributed by atoms with E-state index in [1.54, 1.807) is 6.20 Å². The summed E-state index contributed by atoms with van der Waals surface area (Å²) in [6.45, 7) is 2.19. The van der Waals surface area contributed by atoms with Crippen molar-refractivity contribution in [3.05, 3.63) is 47.1 Å². The first kappa shape index (κ1) is 16.9. The second-order valence-corrected chi connectivity index (χ2v) is 6.14. The van der Waals surface area contributed by atoms with Gasteiger partial charge in [-0.2, -0.15) is 0 Å². The molecule has 1 aliphatic heterocycles. The Kier molecular flexibility index (Phi) is 5.16. The zero-order valence-corrected chi connectivity index (χ0v) is 14.2. The lowest BCUT2D eigenvalue weighted by molar-refractivity contribution is 0.0622. The van der Waals surface area contributed by atoms with Crippen molar-refractivity contribution < 1.29 is 9.32 Å². The number of halogens is 1. The van der Waals surface area contributed by atoms with Gasteiger partial charge >= 0.3 is 0 Å². The predicted molar refractivity (Wildman–Crippen MR) is 91.3 cm³/mol. The number of rotatable bonds is 2. The Bertz CT molecular complexity index is 704. The van der Waals surface area contributed by atoms with E-state index in [1.807, 2.05) is 23.2 Å². The fourth-order valence-electron chi connectivity index (χ4n) is 3.51. The number of hydrogen-bond acceptors (Lipinski definition) is 5. The van der Waals surface area contributed by atoms with E-state index in [1.165, 1.54) is 0 Å². The van der Waals surface area contributed by atoms with Gasteiger partial charge in [-0.05, 0) is 30.9 Å². The minimum absolute atomic E-state index is 0. The molecule has 0 radical (unpaired) electrons. The SMILES string of the molecule is Cl.O=C(c1noc2c1CCCC2)N1CCNCC1c1cccnc1. The summed E-state index contributed by atoms with van der Waals surface area (Å²) in [7, 11) is 0. The van der Waals surface area contributed by atoms with Gasteiger partial charge in [0.1, 0.15) is 5.76 Å². The van der Waals surface area contributed by atoms with Gasteiger partial charge in [0.25, 0.3) is 5.91 Å². The molecule has 1 N–H and O–H groups in total. The van der Waals surface area contributed by atoms with Crippen LogP contribution in [0.4, 0.5) is 0 Å². The zero-order valence-electron chi connectivity index (χ0n) is 13.4. The highest BCUT2D eigenvalue weighted by Gasteiger charge is 2.33. The Balaban J connectivity index is 0.00000169. The number of fused-ring (bicyclic) bond motifs is 1. The molecule has 4 rings (SSSR count). The van der Waals surface area contributed by atoms with E-state index in [0.29, 0.717) is 12.2 Å². The Labute approximate surface area is 147 Å². The summed E-state index contributed by atoms with van der Waals surface area (Å²) in [6.07, 6.45) is 7.58. The number of piperazine rings is 1. The topological polar surface area (TPSA) is 71.3 Å². The molecule has 0 saturated carbocycles. The van der Waals surface area contributed by atoms with Crippen molar-refractivity contribution in [2.45, 2.75) is 31.7 Å². The van der Waals surface area contributed by atoms with E-state index in [9.17, 15) is 4.79 Å². The molecule has 0 spiro atoms. The molecule has 1 atom stereocenters. The third kappa shape index (κ3) is 3.03. The number of nitrogens with one attached hydrogen (secondary N) is 1. The summed E-state index contributed by atoms with van der Waals surface area (Å²) in [4.78, 5) is 19.2. The average Bonchev–Trinajstić information content (AvgIpc) is 3.06. The zero-order chi connectivity index (χ0) is 15.6. The number of carbonyl (C=O) groups excluding carboxylic acids is 1. The number of aromatic nitrogens is 2. The third-order valence-corrected chi connectivity index (χ3v) is 4.73. The van der Waals surface area contributed by atoms with Gasteiger partial charge in [-0.3, -0.25) is 9.78 Å². The van der Waals surface area contributed by atoms with Gasteiger partial charge in [0.2, 0.25) is 0 Å². The summed E-state index contributed by atoms with van der Waals surface area (Å²) in [5, 5.41) is 7.46. The van der Waals surface area contributed by atoms with Gasteiger partial charge in [-0.25, -0.2) is 0 Å². The number of nitrogens with zero attached hydrogens (tertiary/aromatic N) is 3. The molecule has 128 valence electrons. The minimum Gasteiger partial charge on any atom is -0.360 e. The molecule has 0 bridgehead atoms. The number of carbonyl (C=O) groups is 1. The van der Waals surface area contributed by atoms with Crippen molar-refractivity contribution in [1.29, 1.82) is 0 Å². The average molecular weight is 349 g/mol. The standard InChI is InChI=1S/C17H20N4O2.ClH/c22-17(16-13-5-1-2-6-15(13)23-20-16)21-9-8-19-11-14(21)12-4-3-7-18-10-12;/h3-4,7,10,14,19H,1-2,5-6,8-9,11H2;1H. The Morgan fingerprint density at radius 1 is 1.33 bits per heavy atom. The molecule has 24 heavy (non-hydrogen) atoms. The maximum Gasteiger partial charge on any atom is 0.276 e. The Morgan fingerprint density at radius 2 is 2.21 bits per heavy atom. The van der Waals surface area contributed by atoms with Crippen molar-refractivity contribution in [3.63, 3.8) is 0 Å². The fraction of sp³-hybridized carbons (Fsp3) is 0.471. The molecule has 2 aromatic heterocycles. The summed E-state index contributed by atoms with van der Waals surface area (Å²) in [5.41, 5.74) is 2.57. The first-order chi connectivity index (χ1) is 11.3. The van der Waals surface area contributed by atoms with E-state index < -0.39 is 0 Å². The fourth-order valence-corrected chi connectivity index (χ4v) is 3.51. The molecular formula is C17H21ClN4O2. The highest BCUT2D eigenvalue weighted by molar-refractivity contribution is 5.94. The monoisotopic (exact) mass is 348 g/mol. The Morgan fingerprint density at radius 3 is 3.04 bits per heavy atom. The number of hydrogen-bond donors (Lipinski definition) is 1. The largest absolute Gasteiger partial charge is 0.360 e. The molecule has 1 amide bonds. The summed E-state index contributed by atoms with van der Waals surface area (Å²) < 4.78 is 5.41. The van der Waals surface area contributed by atoms with Crippen LogP contribution in [0.25, 0.3) is 0 Å². The second-order valence-electron chi connectivity index (χ2n) is 6.14. The van der Waals surface area contributed by atoms with Crippen LogP contribution in [0.3, 0.4) is 0 Å². The van der Waals surface area contributed by atoms with Crippen LogP contribution in [0.5, 0.6) is 0 Å². The van der Waals surface area contributed by atoms with Crippen molar-refractivity contribution in [2.75, 3.05) is 19.6 Å². The van der Waals surface area contributed by atoms with Gasteiger partial charge in [-0.1, -0.05) is 11.2 Å². The smallest absolute Gasteiger partial charge is 0.276 e. The molecule has 1 aliphatic carbocycles. The van der Waals surface area contributed by atoms with E-state index in [0.717, 1.165) is 55.7 Å². The highest BCUT2D eigenvalue weighted by atomic mass is 35.5. The van der Waals surface area contributed by atoms with Gasteiger partial charge in [-0.15, -0.1) is 12.4 Å². The normalized spacial score (nSPS) is 20.2. The van der Waals surface area contributed by atoms with E-state index >= 15 is 0 Å². The van der Waals surface area contributed by atoms with Crippen LogP contribution < -0.4 is 5.32 Å². The molecule has 0 aromatic carbocycles. The van der Waals surface area contributed by atoms with Crippen LogP contribution in [-0.4, -0.2) is 40.6 Å². The van der Waals surface area contributed by atoms with Crippen LogP contribution in [0.2, 0.25) is 0 Å².